The van der Waals surface area contributed by atoms with Crippen molar-refractivity contribution in [2.24, 2.45) is 0 Å². The van der Waals surface area contributed by atoms with E-state index in [0.717, 1.165) is 6.26 Å². The average molecular weight is 218 g/mol. The number of nitrogens with zero attached hydrogens (tertiary/aromatic N) is 2. The third-order valence-corrected chi connectivity index (χ3v) is 2.10. The van der Waals surface area contributed by atoms with Gasteiger partial charge in [0.15, 0.2) is 9.84 Å². The zero-order valence-corrected chi connectivity index (χ0v) is 8.34. The lowest BCUT2D eigenvalue weighted by Gasteiger charge is -2.00. The van der Waals surface area contributed by atoms with E-state index in [4.69, 9.17) is 0 Å². The normalized spacial score (nSPS) is 11.2. The van der Waals surface area contributed by atoms with Gasteiger partial charge in [-0.15, -0.1) is 0 Å². The zero-order chi connectivity index (χ0) is 10.6. The van der Waals surface area contributed by atoms with Crippen LogP contribution in [0.2, 0.25) is 0 Å². The number of aromatic amines is 1. The van der Waals surface area contributed by atoms with Crippen LogP contribution in [0.4, 0.5) is 0 Å². The SMILES string of the molecule is CS(=O)(=O)CC(=O)NCc1ncn[nH]1. The summed E-state index contributed by atoms with van der Waals surface area (Å²) < 4.78 is 21.4. The Hall–Kier alpha value is -1.44. The van der Waals surface area contributed by atoms with Gasteiger partial charge in [0.1, 0.15) is 17.9 Å². The van der Waals surface area contributed by atoms with Crippen LogP contribution < -0.4 is 5.32 Å². The van der Waals surface area contributed by atoms with Gasteiger partial charge in [-0.05, 0) is 0 Å². The molecule has 8 heteroatoms. The Morgan fingerprint density at radius 1 is 1.64 bits per heavy atom. The lowest BCUT2D eigenvalue weighted by Crippen LogP contribution is -2.29. The van der Waals surface area contributed by atoms with Gasteiger partial charge >= 0.3 is 0 Å². The van der Waals surface area contributed by atoms with Gasteiger partial charge in [0.25, 0.3) is 0 Å². The highest BCUT2D eigenvalue weighted by atomic mass is 32.2. The number of aromatic nitrogens is 3. The van der Waals surface area contributed by atoms with Gasteiger partial charge < -0.3 is 5.32 Å². The summed E-state index contributed by atoms with van der Waals surface area (Å²) in [6, 6.07) is 0. The van der Waals surface area contributed by atoms with Gasteiger partial charge in [-0.25, -0.2) is 13.4 Å². The van der Waals surface area contributed by atoms with E-state index in [1.807, 2.05) is 0 Å². The molecule has 0 aromatic carbocycles. The van der Waals surface area contributed by atoms with Crippen LogP contribution in [0, 0.1) is 0 Å². The summed E-state index contributed by atoms with van der Waals surface area (Å²) in [4.78, 5) is 14.8. The van der Waals surface area contributed by atoms with Gasteiger partial charge in [0, 0.05) is 6.26 Å². The summed E-state index contributed by atoms with van der Waals surface area (Å²) >= 11 is 0. The smallest absolute Gasteiger partial charge is 0.235 e. The van der Waals surface area contributed by atoms with Crippen LogP contribution in [0.5, 0.6) is 0 Å². The number of rotatable bonds is 4. The molecule has 1 rings (SSSR count). The molecule has 1 heterocycles. The van der Waals surface area contributed by atoms with Crippen molar-refractivity contribution in [2.75, 3.05) is 12.0 Å². The molecule has 0 fully saturated rings. The van der Waals surface area contributed by atoms with E-state index in [0.29, 0.717) is 5.82 Å². The third kappa shape index (κ3) is 3.99. The first-order chi connectivity index (χ1) is 6.47. The summed E-state index contributed by atoms with van der Waals surface area (Å²) in [7, 11) is -3.27. The fraction of sp³-hybridized carbons (Fsp3) is 0.500. The molecule has 0 saturated carbocycles. The fourth-order valence-electron chi connectivity index (χ4n) is 0.787. The molecule has 0 unspecified atom stereocenters. The number of hydrogen-bond acceptors (Lipinski definition) is 5. The topological polar surface area (TPSA) is 105 Å². The highest BCUT2D eigenvalue weighted by Crippen LogP contribution is 1.86. The molecule has 0 atom stereocenters. The van der Waals surface area contributed by atoms with Gasteiger partial charge in [-0.1, -0.05) is 0 Å². The predicted molar refractivity (Wildman–Crippen MR) is 47.9 cm³/mol. The molecule has 0 aliphatic heterocycles. The molecule has 1 amide bonds. The molecule has 78 valence electrons. The van der Waals surface area contributed by atoms with Crippen molar-refractivity contribution in [1.29, 1.82) is 0 Å². The lowest BCUT2D eigenvalue weighted by atomic mass is 10.5. The van der Waals surface area contributed by atoms with E-state index in [2.05, 4.69) is 20.5 Å². The van der Waals surface area contributed by atoms with Gasteiger partial charge in [-0.2, -0.15) is 5.10 Å². The third-order valence-electron chi connectivity index (χ3n) is 1.31. The average Bonchev–Trinajstić information content (AvgIpc) is 2.49. The van der Waals surface area contributed by atoms with E-state index in [9.17, 15) is 13.2 Å². The summed E-state index contributed by atoms with van der Waals surface area (Å²) in [5.41, 5.74) is 0. The van der Waals surface area contributed by atoms with E-state index < -0.39 is 21.5 Å². The van der Waals surface area contributed by atoms with E-state index >= 15 is 0 Å². The van der Waals surface area contributed by atoms with Crippen LogP contribution in [0.3, 0.4) is 0 Å². The Morgan fingerprint density at radius 3 is 2.86 bits per heavy atom. The molecule has 0 spiro atoms. The molecule has 0 radical (unpaired) electrons. The molecule has 0 aliphatic rings. The van der Waals surface area contributed by atoms with Crippen molar-refractivity contribution in [2.45, 2.75) is 6.54 Å². The van der Waals surface area contributed by atoms with E-state index in [-0.39, 0.29) is 6.54 Å². The fourth-order valence-corrected chi connectivity index (χ4v) is 1.37. The van der Waals surface area contributed by atoms with Crippen molar-refractivity contribution in [3.63, 3.8) is 0 Å². The first-order valence-electron chi connectivity index (χ1n) is 3.76. The highest BCUT2D eigenvalue weighted by Gasteiger charge is 2.10. The molecule has 14 heavy (non-hydrogen) atoms. The highest BCUT2D eigenvalue weighted by molar-refractivity contribution is 7.91. The van der Waals surface area contributed by atoms with Crippen molar-refractivity contribution in [1.82, 2.24) is 20.5 Å². The minimum Gasteiger partial charge on any atom is -0.348 e. The zero-order valence-electron chi connectivity index (χ0n) is 7.52. The maximum absolute atomic E-state index is 11.0. The number of carbonyl (C=O) groups is 1. The molecule has 1 aromatic heterocycles. The molecule has 1 aromatic rings. The second-order valence-corrected chi connectivity index (χ2v) is 4.92. The van der Waals surface area contributed by atoms with Crippen LogP contribution in [0.1, 0.15) is 5.82 Å². The maximum Gasteiger partial charge on any atom is 0.235 e. The second kappa shape index (κ2) is 4.18. The van der Waals surface area contributed by atoms with Crippen LogP contribution in [-0.2, 0) is 21.2 Å². The van der Waals surface area contributed by atoms with E-state index in [1.54, 1.807) is 0 Å². The predicted octanol–water partition coefficient (Wildman–Crippen LogP) is -1.53. The van der Waals surface area contributed by atoms with Crippen molar-refractivity contribution in [3.8, 4) is 0 Å². The summed E-state index contributed by atoms with van der Waals surface area (Å²) in [6.45, 7) is 0.147. The second-order valence-electron chi connectivity index (χ2n) is 2.78. The Morgan fingerprint density at radius 2 is 2.36 bits per heavy atom. The number of hydrogen-bond donors (Lipinski definition) is 2. The first kappa shape index (κ1) is 10.6. The van der Waals surface area contributed by atoms with Crippen LogP contribution in [0.25, 0.3) is 0 Å². The minimum absolute atomic E-state index is 0.147. The number of carbonyl (C=O) groups excluding carboxylic acids is 1. The Kier molecular flexibility index (Phi) is 3.18. The van der Waals surface area contributed by atoms with E-state index in [1.165, 1.54) is 6.33 Å². The van der Waals surface area contributed by atoms with Crippen molar-refractivity contribution >= 4 is 15.7 Å². The molecule has 2 N–H and O–H groups in total. The quantitative estimate of drug-likeness (QED) is 0.637. The molecule has 0 aliphatic carbocycles. The maximum atomic E-state index is 11.0. The van der Waals surface area contributed by atoms with Gasteiger partial charge in [0.05, 0.1) is 6.54 Å². The standard InChI is InChI=1S/C6H10N4O3S/c1-14(12,13)3-6(11)7-2-5-8-4-9-10-5/h4H,2-3H2,1H3,(H,7,11)(H,8,9,10). The Bertz CT molecular complexity index is 397. The summed E-state index contributed by atoms with van der Waals surface area (Å²) in [6.07, 6.45) is 2.30. The lowest BCUT2D eigenvalue weighted by molar-refractivity contribution is -0.118. The van der Waals surface area contributed by atoms with Crippen molar-refractivity contribution in [3.05, 3.63) is 12.2 Å². The Labute approximate surface area is 80.8 Å². The molecule has 0 bridgehead atoms. The summed E-state index contributed by atoms with van der Waals surface area (Å²) in [5, 5.41) is 8.49. The summed E-state index contributed by atoms with van der Waals surface area (Å²) in [5.74, 6) is -0.586. The van der Waals surface area contributed by atoms with Crippen LogP contribution in [0.15, 0.2) is 6.33 Å². The number of H-pyrrole nitrogens is 1. The van der Waals surface area contributed by atoms with Gasteiger partial charge in [0.2, 0.25) is 5.91 Å². The monoisotopic (exact) mass is 218 g/mol. The van der Waals surface area contributed by atoms with Crippen molar-refractivity contribution < 1.29 is 13.2 Å². The number of amides is 1. The first-order valence-corrected chi connectivity index (χ1v) is 5.82. The molecule has 0 saturated heterocycles. The molecular weight excluding hydrogens is 208 g/mol. The number of nitrogens with one attached hydrogen (secondary N) is 2. The number of sulfone groups is 1. The molecule has 7 nitrogen and oxygen atoms in total. The minimum atomic E-state index is -3.27. The Balaban J connectivity index is 2.36. The largest absolute Gasteiger partial charge is 0.348 e. The molecular formula is C6H10N4O3S. The van der Waals surface area contributed by atoms with Crippen LogP contribution in [-0.4, -0.2) is 41.5 Å². The van der Waals surface area contributed by atoms with Crippen LogP contribution >= 0.6 is 0 Å². The van der Waals surface area contributed by atoms with Gasteiger partial charge in [-0.3, -0.25) is 9.89 Å².